The summed E-state index contributed by atoms with van der Waals surface area (Å²) in [7, 11) is 0. The molecule has 1 unspecified atom stereocenters. The number of anilines is 2. The number of pyridine rings is 1. The van der Waals surface area contributed by atoms with Crippen LogP contribution in [0.3, 0.4) is 0 Å². The minimum absolute atomic E-state index is 0.0456. The van der Waals surface area contributed by atoms with Gasteiger partial charge in [0.05, 0.1) is 17.9 Å². The molecule has 0 bridgehead atoms. The Balaban J connectivity index is 1.27. The highest BCUT2D eigenvalue weighted by Gasteiger charge is 2.40. The Bertz CT molecular complexity index is 1030. The molecule has 6 nitrogen and oxygen atoms in total. The molecule has 3 aliphatic rings. The number of halogens is 1. The average molecular weight is 606 g/mol. The molecule has 1 saturated heterocycles. The van der Waals surface area contributed by atoms with Crippen LogP contribution in [0, 0.1) is 5.41 Å². The van der Waals surface area contributed by atoms with Crippen LogP contribution in [0.4, 0.5) is 11.5 Å². The average Bonchev–Trinajstić information content (AvgIpc) is 3.62. The van der Waals surface area contributed by atoms with Crippen LogP contribution in [0.5, 0.6) is 5.75 Å². The SMILES string of the molecule is CC1(Oc2ccc(NPI)c(C(=N)c3ccnc(N4CCC(OC5CCCCC5)CC4)c3)c2)CC1. The number of benzene rings is 1. The largest absolute Gasteiger partial charge is 0.488 e. The molecular formula is C27H36IN4O2P. The minimum atomic E-state index is -0.0456. The third-order valence-electron chi connectivity index (χ3n) is 7.50. The number of nitrogens with one attached hydrogen (secondary N) is 2. The molecule has 2 N–H and O–H groups in total. The summed E-state index contributed by atoms with van der Waals surface area (Å²) in [5.74, 6) is 1.79. The van der Waals surface area contributed by atoms with Gasteiger partial charge in [-0.3, -0.25) is 5.41 Å². The first kappa shape index (κ1) is 25.2. The second-order valence-corrected chi connectivity index (χ2v) is 12.4. The maximum Gasteiger partial charge on any atom is 0.129 e. The van der Waals surface area contributed by atoms with E-state index in [1.54, 1.807) is 0 Å². The van der Waals surface area contributed by atoms with Gasteiger partial charge in [-0.25, -0.2) is 4.98 Å². The Morgan fingerprint density at radius 3 is 2.54 bits per heavy atom. The van der Waals surface area contributed by atoms with Crippen LogP contribution in [-0.2, 0) is 4.74 Å². The number of hydrogen-bond donors (Lipinski definition) is 2. The third-order valence-corrected chi connectivity index (χ3v) is 8.67. The van der Waals surface area contributed by atoms with Gasteiger partial charge in [0.1, 0.15) is 17.2 Å². The van der Waals surface area contributed by atoms with Gasteiger partial charge >= 0.3 is 0 Å². The topological polar surface area (TPSA) is 70.5 Å². The molecule has 2 heterocycles. The Kier molecular flexibility index (Phi) is 8.15. The maximum absolute atomic E-state index is 9.06. The van der Waals surface area contributed by atoms with Crippen molar-refractivity contribution in [3.05, 3.63) is 47.7 Å². The van der Waals surface area contributed by atoms with Crippen molar-refractivity contribution in [3.63, 3.8) is 0 Å². The van der Waals surface area contributed by atoms with Crippen LogP contribution in [0.2, 0.25) is 0 Å². The number of rotatable bonds is 9. The van der Waals surface area contributed by atoms with E-state index in [9.17, 15) is 0 Å². The van der Waals surface area contributed by atoms with E-state index >= 15 is 0 Å². The van der Waals surface area contributed by atoms with Gasteiger partial charge in [-0.2, -0.15) is 0 Å². The van der Waals surface area contributed by atoms with E-state index in [-0.39, 0.29) is 5.60 Å². The summed E-state index contributed by atoms with van der Waals surface area (Å²) in [5, 5.41) is 12.5. The molecule has 1 atom stereocenters. The van der Waals surface area contributed by atoms with Crippen molar-refractivity contribution >= 4 is 45.6 Å². The molecule has 1 aromatic carbocycles. The predicted octanol–water partition coefficient (Wildman–Crippen LogP) is 7.10. The van der Waals surface area contributed by atoms with E-state index in [2.05, 4.69) is 50.0 Å². The van der Waals surface area contributed by atoms with Gasteiger partial charge in [0.2, 0.25) is 0 Å². The summed E-state index contributed by atoms with van der Waals surface area (Å²) in [5.41, 5.74) is 3.16. The van der Waals surface area contributed by atoms with Gasteiger partial charge in [-0.05, 0) is 97.8 Å². The monoisotopic (exact) mass is 606 g/mol. The van der Waals surface area contributed by atoms with E-state index in [1.807, 2.05) is 30.5 Å². The molecule has 1 aromatic heterocycles. The second-order valence-electron chi connectivity index (χ2n) is 10.3. The first-order valence-corrected chi connectivity index (χ1v) is 17.0. The number of aromatic nitrogens is 1. The summed E-state index contributed by atoms with van der Waals surface area (Å²) in [6.07, 6.45) is 13.9. The van der Waals surface area contributed by atoms with Crippen molar-refractivity contribution < 1.29 is 9.47 Å². The maximum atomic E-state index is 9.06. The van der Waals surface area contributed by atoms with Gasteiger partial charge in [0, 0.05) is 42.5 Å². The summed E-state index contributed by atoms with van der Waals surface area (Å²) in [4.78, 5) is 7.00. The molecule has 2 aromatic rings. The van der Waals surface area contributed by atoms with Crippen molar-refractivity contribution in [3.8, 4) is 5.75 Å². The van der Waals surface area contributed by atoms with Crippen molar-refractivity contribution in [2.75, 3.05) is 23.1 Å². The third kappa shape index (κ3) is 6.47. The number of hydrogen-bond acceptors (Lipinski definition) is 6. The first-order valence-electron chi connectivity index (χ1n) is 12.9. The number of piperidine rings is 1. The molecule has 5 rings (SSSR count). The van der Waals surface area contributed by atoms with Gasteiger partial charge in [-0.15, -0.1) is 0 Å². The summed E-state index contributed by atoms with van der Waals surface area (Å²) < 4.78 is 12.6. The van der Waals surface area contributed by atoms with Gasteiger partial charge in [0.25, 0.3) is 0 Å². The van der Waals surface area contributed by atoms with E-state index in [1.165, 1.54) is 32.1 Å². The lowest BCUT2D eigenvalue weighted by Gasteiger charge is -2.35. The van der Waals surface area contributed by atoms with Gasteiger partial charge in [0.15, 0.2) is 0 Å². The predicted molar refractivity (Wildman–Crippen MR) is 154 cm³/mol. The van der Waals surface area contributed by atoms with E-state index in [4.69, 9.17) is 14.9 Å². The summed E-state index contributed by atoms with van der Waals surface area (Å²) >= 11 is 2.33. The van der Waals surface area contributed by atoms with Crippen molar-refractivity contribution in [2.45, 2.75) is 82.5 Å². The highest BCUT2D eigenvalue weighted by Crippen LogP contribution is 2.41. The molecule has 1 aliphatic heterocycles. The smallest absolute Gasteiger partial charge is 0.129 e. The van der Waals surface area contributed by atoms with Crippen LogP contribution in [0.25, 0.3) is 0 Å². The van der Waals surface area contributed by atoms with E-state index < -0.39 is 0 Å². The second kappa shape index (κ2) is 11.3. The quantitative estimate of drug-likeness (QED) is 0.181. The fraction of sp³-hybridized carbons (Fsp3) is 0.556. The summed E-state index contributed by atoms with van der Waals surface area (Å²) in [6, 6.07) is 10.1. The molecule has 2 saturated carbocycles. The summed E-state index contributed by atoms with van der Waals surface area (Å²) in [6.45, 7) is 4.05. The highest BCUT2D eigenvalue weighted by molar-refractivity contribution is 14.2. The van der Waals surface area contributed by atoms with Gasteiger partial charge in [-0.1, -0.05) is 19.3 Å². The van der Waals surface area contributed by atoms with Crippen LogP contribution in [-0.4, -0.2) is 41.6 Å². The van der Waals surface area contributed by atoms with Crippen molar-refractivity contribution in [1.29, 1.82) is 5.41 Å². The minimum Gasteiger partial charge on any atom is -0.488 e. The number of ether oxygens (including phenoxy) is 2. The molecule has 3 fully saturated rings. The molecule has 8 heteroatoms. The van der Waals surface area contributed by atoms with Crippen molar-refractivity contribution in [1.82, 2.24) is 4.98 Å². The Morgan fingerprint density at radius 1 is 1.09 bits per heavy atom. The van der Waals surface area contributed by atoms with Crippen LogP contribution in [0.1, 0.15) is 75.8 Å². The fourth-order valence-electron chi connectivity index (χ4n) is 5.11. The van der Waals surface area contributed by atoms with Crippen LogP contribution < -0.4 is 14.7 Å². The van der Waals surface area contributed by atoms with Crippen molar-refractivity contribution in [2.24, 2.45) is 0 Å². The normalized spacial score (nSPS) is 20.8. The zero-order valence-corrected chi connectivity index (χ0v) is 23.6. The highest BCUT2D eigenvalue weighted by atomic mass is 127. The molecule has 0 spiro atoms. The lowest BCUT2D eigenvalue weighted by molar-refractivity contribution is -0.0395. The molecule has 0 amide bonds. The standard InChI is InChI=1S/C27H36IN4O2P/c1-27(12-13-27)34-22-7-8-24(31-35-28)23(18-22)26(29)19-9-14-30-25(17-19)32-15-10-21(11-16-32)33-20-5-3-2-4-6-20/h7-9,14,17-18,20-21,29,31,35H,2-6,10-13,15-16H2,1H3. The van der Waals surface area contributed by atoms with Crippen LogP contribution in [0.15, 0.2) is 36.5 Å². The fourth-order valence-corrected chi connectivity index (χ4v) is 6.30. The molecule has 35 heavy (non-hydrogen) atoms. The lowest BCUT2D eigenvalue weighted by atomic mass is 9.97. The number of nitrogens with zero attached hydrogens (tertiary/aromatic N) is 2. The zero-order valence-electron chi connectivity index (χ0n) is 20.5. The molecule has 0 radical (unpaired) electrons. The Morgan fingerprint density at radius 2 is 1.83 bits per heavy atom. The lowest BCUT2D eigenvalue weighted by Crippen LogP contribution is -2.39. The zero-order chi connectivity index (χ0) is 24.3. The Hall–Kier alpha value is -1.44. The van der Waals surface area contributed by atoms with E-state index in [0.29, 0.717) is 24.3 Å². The first-order chi connectivity index (χ1) is 17.0. The van der Waals surface area contributed by atoms with Crippen LogP contribution >= 0.6 is 28.4 Å². The molecular weight excluding hydrogens is 570 g/mol. The molecule has 2 aliphatic carbocycles. The Labute approximate surface area is 223 Å². The molecule has 188 valence electrons. The van der Waals surface area contributed by atoms with E-state index in [0.717, 1.165) is 67.2 Å². The van der Waals surface area contributed by atoms with Gasteiger partial charge < -0.3 is 19.5 Å².